The fraction of sp³-hybridized carbons (Fsp3) is 0.250. The molecule has 0 fully saturated rings. The molecule has 4 heteroatoms. The Kier molecular flexibility index (Phi) is 2.81. The molecule has 0 aliphatic carbocycles. The van der Waals surface area contributed by atoms with Crippen LogP contribution in [0.4, 0.5) is 0 Å². The Morgan fingerprint density at radius 3 is 2.81 bits per heavy atom. The first kappa shape index (κ1) is 10.5. The van der Waals surface area contributed by atoms with E-state index in [1.165, 1.54) is 0 Å². The van der Waals surface area contributed by atoms with Crippen molar-refractivity contribution < 1.29 is 9.53 Å². The monoisotopic (exact) mass is 216 g/mol. The second-order valence-electron chi connectivity index (χ2n) is 3.81. The molecule has 1 aliphatic heterocycles. The minimum Gasteiger partial charge on any atom is -0.407 e. The largest absolute Gasteiger partial charge is 0.407 e. The average molecular weight is 216 g/mol. The predicted octanol–water partition coefficient (Wildman–Crippen LogP) is 2.03. The Bertz CT molecular complexity index is 461. The van der Waals surface area contributed by atoms with Crippen LogP contribution in [0.3, 0.4) is 0 Å². The molecule has 0 saturated carbocycles. The molecule has 0 aromatic carbocycles. The Balaban J connectivity index is 2.29. The van der Waals surface area contributed by atoms with E-state index in [2.05, 4.69) is 9.98 Å². The van der Waals surface area contributed by atoms with Crippen molar-refractivity contribution in [2.45, 2.75) is 13.8 Å². The summed E-state index contributed by atoms with van der Waals surface area (Å²) in [6, 6.07) is 3.66. The molecule has 82 valence electrons. The van der Waals surface area contributed by atoms with E-state index >= 15 is 0 Å². The van der Waals surface area contributed by atoms with Gasteiger partial charge in [0.25, 0.3) is 0 Å². The summed E-state index contributed by atoms with van der Waals surface area (Å²) >= 11 is 0. The van der Waals surface area contributed by atoms with E-state index in [-0.39, 0.29) is 5.92 Å². The number of rotatable bonds is 2. The summed E-state index contributed by atoms with van der Waals surface area (Å²) in [5.41, 5.74) is 1.17. The van der Waals surface area contributed by atoms with Crippen LogP contribution in [0, 0.1) is 5.92 Å². The van der Waals surface area contributed by atoms with Crippen molar-refractivity contribution in [2.24, 2.45) is 10.9 Å². The van der Waals surface area contributed by atoms with Crippen LogP contribution in [-0.4, -0.2) is 16.9 Å². The number of pyridine rings is 1. The number of carbonyl (C=O) groups is 1. The molecule has 2 rings (SSSR count). The zero-order valence-corrected chi connectivity index (χ0v) is 9.18. The number of hydrogen-bond acceptors (Lipinski definition) is 4. The fourth-order valence-electron chi connectivity index (χ4n) is 1.29. The van der Waals surface area contributed by atoms with Crippen molar-refractivity contribution in [1.82, 2.24) is 4.98 Å². The Hall–Kier alpha value is -1.97. The first-order valence-electron chi connectivity index (χ1n) is 5.09. The van der Waals surface area contributed by atoms with E-state index in [0.717, 1.165) is 5.56 Å². The van der Waals surface area contributed by atoms with Gasteiger partial charge in [0.2, 0.25) is 5.90 Å². The lowest BCUT2D eigenvalue weighted by atomic mass is 10.2. The van der Waals surface area contributed by atoms with Crippen LogP contribution in [0.1, 0.15) is 19.4 Å². The van der Waals surface area contributed by atoms with Gasteiger partial charge in [-0.3, -0.25) is 4.98 Å². The van der Waals surface area contributed by atoms with Gasteiger partial charge >= 0.3 is 5.97 Å². The maximum atomic E-state index is 11.5. The molecule has 0 bridgehead atoms. The minimum atomic E-state index is -0.396. The topological polar surface area (TPSA) is 51.5 Å². The van der Waals surface area contributed by atoms with Gasteiger partial charge in [-0.15, -0.1) is 0 Å². The highest BCUT2D eigenvalue weighted by atomic mass is 16.6. The highest BCUT2D eigenvalue weighted by molar-refractivity contribution is 6.07. The van der Waals surface area contributed by atoms with Crippen molar-refractivity contribution in [3.63, 3.8) is 0 Å². The van der Waals surface area contributed by atoms with Crippen LogP contribution in [0.25, 0.3) is 6.08 Å². The summed E-state index contributed by atoms with van der Waals surface area (Å²) in [6.45, 7) is 3.86. The quantitative estimate of drug-likeness (QED) is 0.561. The average Bonchev–Trinajstić information content (AvgIpc) is 2.62. The van der Waals surface area contributed by atoms with E-state index in [0.29, 0.717) is 11.6 Å². The summed E-state index contributed by atoms with van der Waals surface area (Å²) in [5, 5.41) is 0. The van der Waals surface area contributed by atoms with Crippen molar-refractivity contribution in [3.05, 3.63) is 35.8 Å². The zero-order chi connectivity index (χ0) is 11.5. The summed E-state index contributed by atoms with van der Waals surface area (Å²) in [7, 11) is 0. The highest BCUT2D eigenvalue weighted by Crippen LogP contribution is 2.17. The van der Waals surface area contributed by atoms with E-state index in [1.807, 2.05) is 19.9 Å². The van der Waals surface area contributed by atoms with Crippen molar-refractivity contribution in [2.75, 3.05) is 0 Å². The molecule has 2 heterocycles. The van der Waals surface area contributed by atoms with E-state index in [1.54, 1.807) is 24.5 Å². The molecule has 0 atom stereocenters. The fourth-order valence-corrected chi connectivity index (χ4v) is 1.29. The first-order valence-corrected chi connectivity index (χ1v) is 5.09. The van der Waals surface area contributed by atoms with Gasteiger partial charge in [-0.1, -0.05) is 19.9 Å². The van der Waals surface area contributed by atoms with Crippen LogP contribution >= 0.6 is 0 Å². The first-order chi connectivity index (χ1) is 7.66. The van der Waals surface area contributed by atoms with Gasteiger partial charge in [0.1, 0.15) is 0 Å². The molecule has 0 amide bonds. The lowest BCUT2D eigenvalue weighted by Gasteiger charge is -1.99. The molecule has 1 aromatic heterocycles. The third-order valence-corrected chi connectivity index (χ3v) is 2.12. The standard InChI is InChI=1S/C12H12N2O2/c1-8(2)11-14-10(12(15)16-11)6-9-4-3-5-13-7-9/h3-8H,1-2H3/b10-6+. The van der Waals surface area contributed by atoms with Crippen LogP contribution in [0.2, 0.25) is 0 Å². The third-order valence-electron chi connectivity index (χ3n) is 2.12. The number of hydrogen-bond donors (Lipinski definition) is 0. The normalized spacial score (nSPS) is 17.8. The second kappa shape index (κ2) is 4.26. The molecule has 1 aliphatic rings. The number of esters is 1. The number of aromatic nitrogens is 1. The predicted molar refractivity (Wildman–Crippen MR) is 60.6 cm³/mol. The van der Waals surface area contributed by atoms with Crippen LogP contribution < -0.4 is 0 Å². The van der Waals surface area contributed by atoms with Crippen molar-refractivity contribution in [3.8, 4) is 0 Å². The Morgan fingerprint density at radius 1 is 1.44 bits per heavy atom. The summed E-state index contributed by atoms with van der Waals surface area (Å²) in [5.74, 6) is 0.191. The Labute approximate surface area is 93.7 Å². The number of cyclic esters (lactones) is 1. The number of carbonyl (C=O) groups excluding carboxylic acids is 1. The summed E-state index contributed by atoms with van der Waals surface area (Å²) in [6.07, 6.45) is 5.02. The van der Waals surface area contributed by atoms with E-state index < -0.39 is 5.97 Å². The number of nitrogens with zero attached hydrogens (tertiary/aromatic N) is 2. The SMILES string of the molecule is CC(C)C1=N/C(=C/c2cccnc2)C(=O)O1. The minimum absolute atomic E-state index is 0.115. The molecule has 0 unspecified atom stereocenters. The zero-order valence-electron chi connectivity index (χ0n) is 9.18. The third kappa shape index (κ3) is 2.16. The van der Waals surface area contributed by atoms with Crippen LogP contribution in [0.5, 0.6) is 0 Å². The lowest BCUT2D eigenvalue weighted by Crippen LogP contribution is -2.09. The maximum Gasteiger partial charge on any atom is 0.363 e. The van der Waals surface area contributed by atoms with Crippen LogP contribution in [0.15, 0.2) is 35.2 Å². The molecular weight excluding hydrogens is 204 g/mol. The molecule has 0 radical (unpaired) electrons. The maximum absolute atomic E-state index is 11.5. The van der Waals surface area contributed by atoms with Gasteiger partial charge in [0.15, 0.2) is 5.70 Å². The van der Waals surface area contributed by atoms with E-state index in [9.17, 15) is 4.79 Å². The Morgan fingerprint density at radius 2 is 2.25 bits per heavy atom. The van der Waals surface area contributed by atoms with Gasteiger partial charge in [-0.25, -0.2) is 9.79 Å². The molecule has 16 heavy (non-hydrogen) atoms. The summed E-state index contributed by atoms with van der Waals surface area (Å²) < 4.78 is 5.03. The van der Waals surface area contributed by atoms with Gasteiger partial charge in [-0.2, -0.15) is 0 Å². The molecule has 0 saturated heterocycles. The van der Waals surface area contributed by atoms with Crippen LogP contribution in [-0.2, 0) is 9.53 Å². The lowest BCUT2D eigenvalue weighted by molar-refractivity contribution is -0.130. The molecule has 4 nitrogen and oxygen atoms in total. The molecule has 0 spiro atoms. The van der Waals surface area contributed by atoms with Gasteiger partial charge in [-0.05, 0) is 17.7 Å². The van der Waals surface area contributed by atoms with Gasteiger partial charge in [0, 0.05) is 18.3 Å². The molecule has 0 N–H and O–H groups in total. The molecular formula is C12H12N2O2. The van der Waals surface area contributed by atoms with Gasteiger partial charge < -0.3 is 4.74 Å². The van der Waals surface area contributed by atoms with Gasteiger partial charge in [0.05, 0.1) is 0 Å². The molecule has 1 aromatic rings. The number of aliphatic imine (C=N–C) groups is 1. The number of ether oxygens (including phenoxy) is 1. The van der Waals surface area contributed by atoms with E-state index in [4.69, 9.17) is 4.74 Å². The second-order valence-corrected chi connectivity index (χ2v) is 3.81. The van der Waals surface area contributed by atoms with Crippen molar-refractivity contribution >= 4 is 17.9 Å². The highest BCUT2D eigenvalue weighted by Gasteiger charge is 2.24. The summed E-state index contributed by atoms with van der Waals surface area (Å²) in [4.78, 5) is 19.6. The van der Waals surface area contributed by atoms with Crippen molar-refractivity contribution in [1.29, 1.82) is 0 Å². The smallest absolute Gasteiger partial charge is 0.363 e.